The molecule has 0 spiro atoms. The molecule has 1 amide bonds. The van der Waals surface area contributed by atoms with Crippen LogP contribution >= 0.6 is 0 Å². The van der Waals surface area contributed by atoms with Gasteiger partial charge in [0.1, 0.15) is 5.65 Å². The first kappa shape index (κ1) is 16.7. The van der Waals surface area contributed by atoms with Crippen molar-refractivity contribution in [3.05, 3.63) is 72.2 Å². The number of carbonyl (C=O) groups excluding carboxylic acids is 2. The van der Waals surface area contributed by atoms with E-state index in [0.29, 0.717) is 12.2 Å². The van der Waals surface area contributed by atoms with E-state index < -0.39 is 12.1 Å². The van der Waals surface area contributed by atoms with Gasteiger partial charge in [-0.2, -0.15) is 0 Å². The van der Waals surface area contributed by atoms with E-state index in [-0.39, 0.29) is 11.6 Å². The van der Waals surface area contributed by atoms with Crippen LogP contribution in [0.4, 0.5) is 0 Å². The topological polar surface area (TPSA) is 63.9 Å². The van der Waals surface area contributed by atoms with E-state index in [1.165, 1.54) is 4.90 Å². The lowest BCUT2D eigenvalue weighted by Crippen LogP contribution is -2.37. The lowest BCUT2D eigenvalue weighted by Gasteiger charge is -2.21. The summed E-state index contributed by atoms with van der Waals surface area (Å²) in [6.07, 6.45) is 2.50. The van der Waals surface area contributed by atoms with Crippen LogP contribution in [0.3, 0.4) is 0 Å². The number of rotatable bonds is 5. The van der Waals surface area contributed by atoms with Crippen LogP contribution in [0.2, 0.25) is 0 Å². The molecule has 0 bridgehead atoms. The Hall–Kier alpha value is -3.15. The first-order valence-electron chi connectivity index (χ1n) is 7.98. The van der Waals surface area contributed by atoms with Crippen LogP contribution in [-0.2, 0) is 16.1 Å². The molecule has 0 unspecified atom stereocenters. The van der Waals surface area contributed by atoms with Crippen LogP contribution in [0.25, 0.3) is 5.65 Å². The highest BCUT2D eigenvalue weighted by Crippen LogP contribution is 2.10. The Morgan fingerprint density at radius 3 is 2.60 bits per heavy atom. The molecule has 0 N–H and O–H groups in total. The van der Waals surface area contributed by atoms with Crippen molar-refractivity contribution >= 4 is 17.5 Å². The van der Waals surface area contributed by atoms with Crippen molar-refractivity contribution in [3.63, 3.8) is 0 Å². The van der Waals surface area contributed by atoms with E-state index in [1.807, 2.05) is 42.5 Å². The number of imidazole rings is 1. The molecule has 0 fully saturated rings. The second-order valence-corrected chi connectivity index (χ2v) is 5.82. The molecule has 0 saturated carbocycles. The highest BCUT2D eigenvalue weighted by molar-refractivity contribution is 5.91. The number of likely N-dealkylation sites (N-methyl/N-ethyl adjacent to an activating group) is 1. The van der Waals surface area contributed by atoms with Crippen LogP contribution in [-0.4, -0.2) is 39.3 Å². The van der Waals surface area contributed by atoms with E-state index in [2.05, 4.69) is 4.98 Å². The molecule has 0 radical (unpaired) electrons. The number of aromatic nitrogens is 2. The molecule has 2 heterocycles. The quantitative estimate of drug-likeness (QED) is 0.671. The number of esters is 1. The fourth-order valence-corrected chi connectivity index (χ4v) is 2.55. The zero-order chi connectivity index (χ0) is 17.8. The van der Waals surface area contributed by atoms with Crippen LogP contribution in [0, 0.1) is 0 Å². The first-order valence-corrected chi connectivity index (χ1v) is 7.98. The molecular weight excluding hydrogens is 318 g/mol. The van der Waals surface area contributed by atoms with Crippen molar-refractivity contribution < 1.29 is 14.3 Å². The van der Waals surface area contributed by atoms with E-state index >= 15 is 0 Å². The molecule has 0 aliphatic rings. The number of hydrogen-bond donors (Lipinski definition) is 0. The van der Waals surface area contributed by atoms with Crippen LogP contribution < -0.4 is 0 Å². The number of carbonyl (C=O) groups is 2. The predicted molar refractivity (Wildman–Crippen MR) is 93.0 cm³/mol. The largest absolute Gasteiger partial charge is 0.448 e. The lowest BCUT2D eigenvalue weighted by molar-refractivity contribution is -0.139. The molecule has 3 rings (SSSR count). The van der Waals surface area contributed by atoms with Gasteiger partial charge in [-0.25, -0.2) is 9.78 Å². The second-order valence-electron chi connectivity index (χ2n) is 5.82. The van der Waals surface area contributed by atoms with E-state index in [4.69, 9.17) is 4.74 Å². The van der Waals surface area contributed by atoms with Gasteiger partial charge in [0, 0.05) is 26.0 Å². The SMILES string of the molecule is C[C@H](OC(=O)c1cn2ccccc2n1)C(=O)N(C)Cc1ccccc1. The minimum Gasteiger partial charge on any atom is -0.448 e. The van der Waals surface area contributed by atoms with Crippen molar-refractivity contribution in [2.24, 2.45) is 0 Å². The normalized spacial score (nSPS) is 11.9. The van der Waals surface area contributed by atoms with Gasteiger partial charge in [-0.3, -0.25) is 4.79 Å². The number of nitrogens with zero attached hydrogens (tertiary/aromatic N) is 3. The van der Waals surface area contributed by atoms with Crippen molar-refractivity contribution in [3.8, 4) is 0 Å². The van der Waals surface area contributed by atoms with Crippen molar-refractivity contribution in [2.75, 3.05) is 7.05 Å². The first-order chi connectivity index (χ1) is 12.0. The zero-order valence-electron chi connectivity index (χ0n) is 14.1. The number of ether oxygens (including phenoxy) is 1. The summed E-state index contributed by atoms with van der Waals surface area (Å²) in [5, 5.41) is 0. The van der Waals surface area contributed by atoms with Gasteiger partial charge in [-0.1, -0.05) is 36.4 Å². The second kappa shape index (κ2) is 7.17. The van der Waals surface area contributed by atoms with Crippen LogP contribution in [0.1, 0.15) is 23.0 Å². The van der Waals surface area contributed by atoms with Gasteiger partial charge in [0.05, 0.1) is 0 Å². The van der Waals surface area contributed by atoms with Gasteiger partial charge in [-0.05, 0) is 24.6 Å². The van der Waals surface area contributed by atoms with Gasteiger partial charge < -0.3 is 14.0 Å². The summed E-state index contributed by atoms with van der Waals surface area (Å²) in [6, 6.07) is 15.1. The van der Waals surface area contributed by atoms with Crippen molar-refractivity contribution in [1.82, 2.24) is 14.3 Å². The molecule has 6 heteroatoms. The number of amides is 1. The Kier molecular flexibility index (Phi) is 4.79. The number of pyridine rings is 1. The van der Waals surface area contributed by atoms with E-state index in [9.17, 15) is 9.59 Å². The number of hydrogen-bond acceptors (Lipinski definition) is 4. The molecule has 0 saturated heterocycles. The molecule has 1 atom stereocenters. The van der Waals surface area contributed by atoms with Crippen LogP contribution in [0.15, 0.2) is 60.9 Å². The maximum atomic E-state index is 12.4. The molecule has 1 aromatic carbocycles. The molecule has 0 aliphatic heterocycles. The third-order valence-corrected chi connectivity index (χ3v) is 3.84. The van der Waals surface area contributed by atoms with Gasteiger partial charge in [0.15, 0.2) is 11.8 Å². The molecule has 2 aromatic heterocycles. The van der Waals surface area contributed by atoms with Gasteiger partial charge in [-0.15, -0.1) is 0 Å². The van der Waals surface area contributed by atoms with Crippen molar-refractivity contribution in [2.45, 2.75) is 19.6 Å². The molecule has 3 aromatic rings. The average Bonchev–Trinajstić information content (AvgIpc) is 3.06. The Labute approximate surface area is 145 Å². The summed E-state index contributed by atoms with van der Waals surface area (Å²) < 4.78 is 7.01. The van der Waals surface area contributed by atoms with Gasteiger partial charge >= 0.3 is 5.97 Å². The van der Waals surface area contributed by atoms with E-state index in [0.717, 1.165) is 5.56 Å². The minimum absolute atomic E-state index is 0.177. The third-order valence-electron chi connectivity index (χ3n) is 3.84. The predicted octanol–water partition coefficient (Wildman–Crippen LogP) is 2.54. The molecular formula is C19H19N3O3. The van der Waals surface area contributed by atoms with Gasteiger partial charge in [0.2, 0.25) is 0 Å². The standard InChI is InChI=1S/C19H19N3O3/c1-14(18(23)21(2)12-15-8-4-3-5-9-15)25-19(24)16-13-22-11-7-6-10-17(22)20-16/h3-11,13-14H,12H2,1-2H3/t14-/m0/s1. The molecule has 6 nitrogen and oxygen atoms in total. The monoisotopic (exact) mass is 337 g/mol. The zero-order valence-corrected chi connectivity index (χ0v) is 14.1. The summed E-state index contributed by atoms with van der Waals surface area (Å²) in [5.41, 5.74) is 1.84. The average molecular weight is 337 g/mol. The molecule has 25 heavy (non-hydrogen) atoms. The summed E-state index contributed by atoms with van der Waals surface area (Å²) >= 11 is 0. The lowest BCUT2D eigenvalue weighted by atomic mass is 10.2. The minimum atomic E-state index is -0.883. The summed E-state index contributed by atoms with van der Waals surface area (Å²) in [6.45, 7) is 2.02. The summed E-state index contributed by atoms with van der Waals surface area (Å²) in [5.74, 6) is -0.876. The maximum absolute atomic E-state index is 12.4. The van der Waals surface area contributed by atoms with E-state index in [1.54, 1.807) is 36.8 Å². The fourth-order valence-electron chi connectivity index (χ4n) is 2.55. The maximum Gasteiger partial charge on any atom is 0.359 e. The third kappa shape index (κ3) is 3.85. The Morgan fingerprint density at radius 1 is 1.16 bits per heavy atom. The Balaban J connectivity index is 1.63. The fraction of sp³-hybridized carbons (Fsp3) is 0.211. The summed E-state index contributed by atoms with van der Waals surface area (Å²) in [7, 11) is 1.69. The number of benzene rings is 1. The van der Waals surface area contributed by atoms with Crippen LogP contribution in [0.5, 0.6) is 0 Å². The number of fused-ring (bicyclic) bond motifs is 1. The smallest absolute Gasteiger partial charge is 0.359 e. The highest BCUT2D eigenvalue weighted by atomic mass is 16.5. The Morgan fingerprint density at radius 2 is 1.88 bits per heavy atom. The van der Waals surface area contributed by atoms with Crippen molar-refractivity contribution in [1.29, 1.82) is 0 Å². The highest BCUT2D eigenvalue weighted by Gasteiger charge is 2.23. The Bertz CT molecular complexity index is 856. The molecule has 0 aliphatic carbocycles. The summed E-state index contributed by atoms with van der Waals surface area (Å²) in [4.78, 5) is 30.4. The van der Waals surface area contributed by atoms with Gasteiger partial charge in [0.25, 0.3) is 5.91 Å². The molecule has 128 valence electrons.